The standard InChI is InChI=1S/C27H24Cl2N2O2/c1-2-33-18-12-10-16(11-13-18)17-14-23-25(24(32)15-17)27(19-6-5-7-20(28)26(19)29)31-22-9-4-3-8-21(22)30-23/h3-13,17,27,30-31H,2,14-15H2,1H3. The van der Waals surface area contributed by atoms with Crippen molar-refractivity contribution in [1.29, 1.82) is 0 Å². The first-order valence-electron chi connectivity index (χ1n) is 11.1. The Balaban J connectivity index is 1.57. The first kappa shape index (κ1) is 21.9. The molecule has 0 saturated heterocycles. The highest BCUT2D eigenvalue weighted by Gasteiger charge is 2.36. The molecule has 6 heteroatoms. The number of fused-ring (bicyclic) bond motifs is 1. The highest BCUT2D eigenvalue weighted by Crippen LogP contribution is 2.46. The Labute approximate surface area is 203 Å². The molecule has 0 radical (unpaired) electrons. The molecule has 1 aliphatic carbocycles. The molecule has 33 heavy (non-hydrogen) atoms. The summed E-state index contributed by atoms with van der Waals surface area (Å²) >= 11 is 13.0. The first-order chi connectivity index (χ1) is 16.0. The number of halogens is 2. The summed E-state index contributed by atoms with van der Waals surface area (Å²) < 4.78 is 5.57. The first-order valence-corrected chi connectivity index (χ1v) is 11.9. The lowest BCUT2D eigenvalue weighted by molar-refractivity contribution is -0.116. The number of carbonyl (C=O) groups excluding carboxylic acids is 1. The number of hydrogen-bond acceptors (Lipinski definition) is 4. The summed E-state index contributed by atoms with van der Waals surface area (Å²) in [5, 5.41) is 8.04. The van der Waals surface area contributed by atoms with E-state index in [4.69, 9.17) is 27.9 Å². The van der Waals surface area contributed by atoms with Crippen LogP contribution >= 0.6 is 23.2 Å². The molecule has 0 aromatic heterocycles. The average Bonchev–Trinajstić information content (AvgIpc) is 2.98. The monoisotopic (exact) mass is 478 g/mol. The fraction of sp³-hybridized carbons (Fsp3) is 0.222. The maximum absolute atomic E-state index is 13.6. The van der Waals surface area contributed by atoms with Gasteiger partial charge in [0.15, 0.2) is 5.78 Å². The molecule has 5 rings (SSSR count). The zero-order valence-electron chi connectivity index (χ0n) is 18.2. The van der Waals surface area contributed by atoms with Gasteiger partial charge in [-0.05, 0) is 60.7 Å². The van der Waals surface area contributed by atoms with E-state index in [1.165, 1.54) is 0 Å². The Morgan fingerprint density at radius 2 is 1.70 bits per heavy atom. The fourth-order valence-electron chi connectivity index (χ4n) is 4.71. The number of allylic oxidation sites excluding steroid dienone is 1. The highest BCUT2D eigenvalue weighted by molar-refractivity contribution is 6.42. The maximum Gasteiger partial charge on any atom is 0.163 e. The number of Topliss-reactive ketones (excluding diaryl/α,β-unsaturated/α-hetero) is 1. The predicted octanol–water partition coefficient (Wildman–Crippen LogP) is 7.37. The molecule has 4 nitrogen and oxygen atoms in total. The third kappa shape index (κ3) is 4.21. The van der Waals surface area contributed by atoms with Gasteiger partial charge in [0.1, 0.15) is 5.75 Å². The minimum atomic E-state index is -0.392. The van der Waals surface area contributed by atoms with E-state index in [0.717, 1.165) is 45.9 Å². The number of hydrogen-bond donors (Lipinski definition) is 2. The summed E-state index contributed by atoms with van der Waals surface area (Å²) in [6.45, 7) is 2.59. The van der Waals surface area contributed by atoms with Gasteiger partial charge in [-0.1, -0.05) is 59.6 Å². The van der Waals surface area contributed by atoms with Crippen molar-refractivity contribution in [2.45, 2.75) is 31.7 Å². The molecule has 0 bridgehead atoms. The molecular weight excluding hydrogens is 455 g/mol. The lowest BCUT2D eigenvalue weighted by atomic mass is 9.78. The summed E-state index contributed by atoms with van der Waals surface area (Å²) in [7, 11) is 0. The Hall–Kier alpha value is -2.95. The molecule has 1 heterocycles. The number of anilines is 2. The Bertz CT molecular complexity index is 1240. The number of nitrogens with one attached hydrogen (secondary N) is 2. The summed E-state index contributed by atoms with van der Waals surface area (Å²) in [5.74, 6) is 1.02. The summed E-state index contributed by atoms with van der Waals surface area (Å²) in [5.41, 5.74) is 5.41. The van der Waals surface area contributed by atoms with Crippen LogP contribution in [-0.4, -0.2) is 12.4 Å². The van der Waals surface area contributed by atoms with E-state index in [2.05, 4.69) is 22.8 Å². The SMILES string of the molecule is CCOc1ccc(C2CC(=O)C3=C(C2)Nc2ccccc2NC3c2cccc(Cl)c2Cl)cc1. The Morgan fingerprint density at radius 3 is 2.45 bits per heavy atom. The minimum absolute atomic E-state index is 0.0835. The van der Waals surface area contributed by atoms with Crippen LogP contribution in [0.25, 0.3) is 0 Å². The second-order valence-electron chi connectivity index (χ2n) is 8.31. The van der Waals surface area contributed by atoms with E-state index >= 15 is 0 Å². The number of ketones is 1. The van der Waals surface area contributed by atoms with Gasteiger partial charge in [0.25, 0.3) is 0 Å². The maximum atomic E-state index is 13.6. The van der Waals surface area contributed by atoms with Crippen molar-refractivity contribution in [3.63, 3.8) is 0 Å². The molecule has 0 amide bonds. The molecule has 2 unspecified atom stereocenters. The van der Waals surface area contributed by atoms with Crippen molar-refractivity contribution in [3.05, 3.63) is 99.2 Å². The van der Waals surface area contributed by atoms with Gasteiger partial charge in [-0.2, -0.15) is 0 Å². The van der Waals surface area contributed by atoms with Gasteiger partial charge in [-0.25, -0.2) is 0 Å². The molecule has 1 aliphatic heterocycles. The smallest absolute Gasteiger partial charge is 0.163 e. The van der Waals surface area contributed by atoms with E-state index in [-0.39, 0.29) is 11.7 Å². The van der Waals surface area contributed by atoms with Gasteiger partial charge < -0.3 is 15.4 Å². The molecule has 3 aromatic rings. The van der Waals surface area contributed by atoms with Crippen molar-refractivity contribution in [3.8, 4) is 5.75 Å². The van der Waals surface area contributed by atoms with Crippen LogP contribution in [0.2, 0.25) is 10.0 Å². The molecule has 168 valence electrons. The number of rotatable bonds is 4. The molecule has 0 spiro atoms. The lowest BCUT2D eigenvalue weighted by Crippen LogP contribution is -2.27. The van der Waals surface area contributed by atoms with Crippen molar-refractivity contribution in [1.82, 2.24) is 0 Å². The van der Waals surface area contributed by atoms with Gasteiger partial charge in [0.2, 0.25) is 0 Å². The topological polar surface area (TPSA) is 50.4 Å². The van der Waals surface area contributed by atoms with Gasteiger partial charge >= 0.3 is 0 Å². The molecule has 0 saturated carbocycles. The molecule has 2 N–H and O–H groups in total. The molecule has 3 aromatic carbocycles. The summed E-state index contributed by atoms with van der Waals surface area (Å²) in [4.78, 5) is 13.6. The second-order valence-corrected chi connectivity index (χ2v) is 9.10. The number of carbonyl (C=O) groups is 1. The fourth-order valence-corrected chi connectivity index (χ4v) is 5.12. The van der Waals surface area contributed by atoms with E-state index in [0.29, 0.717) is 23.1 Å². The average molecular weight is 479 g/mol. The number of benzene rings is 3. The van der Waals surface area contributed by atoms with E-state index < -0.39 is 6.04 Å². The quantitative estimate of drug-likeness (QED) is 0.410. The highest BCUT2D eigenvalue weighted by atomic mass is 35.5. The van der Waals surface area contributed by atoms with Crippen LogP contribution in [-0.2, 0) is 4.79 Å². The zero-order chi connectivity index (χ0) is 22.9. The molecular formula is C27H24Cl2N2O2. The second kappa shape index (κ2) is 9.12. The lowest BCUT2D eigenvalue weighted by Gasteiger charge is -2.30. The van der Waals surface area contributed by atoms with Crippen molar-refractivity contribution in [2.24, 2.45) is 0 Å². The van der Waals surface area contributed by atoms with E-state index in [1.54, 1.807) is 6.07 Å². The minimum Gasteiger partial charge on any atom is -0.494 e. The van der Waals surface area contributed by atoms with Crippen LogP contribution in [0.3, 0.4) is 0 Å². The van der Waals surface area contributed by atoms with Gasteiger partial charge in [-0.3, -0.25) is 4.79 Å². The molecule has 2 aliphatic rings. The van der Waals surface area contributed by atoms with Crippen LogP contribution in [0.4, 0.5) is 11.4 Å². The summed E-state index contributed by atoms with van der Waals surface area (Å²) in [6.07, 6.45) is 1.15. The van der Waals surface area contributed by atoms with E-state index in [9.17, 15) is 4.79 Å². The largest absolute Gasteiger partial charge is 0.494 e. The summed E-state index contributed by atoms with van der Waals surface area (Å²) in [6, 6.07) is 21.2. The molecule has 2 atom stereocenters. The third-order valence-corrected chi connectivity index (χ3v) is 7.10. The van der Waals surface area contributed by atoms with Gasteiger partial charge in [0.05, 0.1) is 34.1 Å². The van der Waals surface area contributed by atoms with Crippen LogP contribution in [0.1, 0.15) is 42.9 Å². The normalized spacial score (nSPS) is 19.7. The van der Waals surface area contributed by atoms with Crippen molar-refractivity contribution >= 4 is 40.4 Å². The zero-order valence-corrected chi connectivity index (χ0v) is 19.7. The Morgan fingerprint density at radius 1 is 0.939 bits per heavy atom. The van der Waals surface area contributed by atoms with Crippen LogP contribution in [0.5, 0.6) is 5.75 Å². The van der Waals surface area contributed by atoms with Gasteiger partial charge in [-0.15, -0.1) is 0 Å². The Kier molecular flexibility index (Phi) is 6.05. The van der Waals surface area contributed by atoms with Crippen molar-refractivity contribution < 1.29 is 9.53 Å². The number of ether oxygens (including phenoxy) is 1. The van der Waals surface area contributed by atoms with Crippen LogP contribution in [0.15, 0.2) is 78.0 Å². The van der Waals surface area contributed by atoms with Crippen molar-refractivity contribution in [2.75, 3.05) is 17.2 Å². The third-order valence-electron chi connectivity index (χ3n) is 6.26. The number of para-hydroxylation sites is 2. The van der Waals surface area contributed by atoms with E-state index in [1.807, 2.05) is 55.5 Å². The molecule has 0 fully saturated rings. The van der Waals surface area contributed by atoms with Crippen LogP contribution < -0.4 is 15.4 Å². The van der Waals surface area contributed by atoms with Crippen LogP contribution in [0, 0.1) is 0 Å². The predicted molar refractivity (Wildman–Crippen MR) is 135 cm³/mol. The van der Waals surface area contributed by atoms with Gasteiger partial charge in [0, 0.05) is 17.7 Å².